The molecule has 0 N–H and O–H groups in total. The lowest BCUT2D eigenvalue weighted by molar-refractivity contribution is 0.332. The first kappa shape index (κ1) is 39.1. The van der Waals surface area contributed by atoms with Gasteiger partial charge in [-0.1, -0.05) is 157 Å². The Morgan fingerprint density at radius 1 is 0.530 bits per heavy atom. The molecular weight excluding hydrogens is 834 g/mol. The molecule has 0 saturated heterocycles. The second-order valence-corrected chi connectivity index (χ2v) is 23.3. The summed E-state index contributed by atoms with van der Waals surface area (Å²) < 4.78 is 5.44. The first-order valence-electron chi connectivity index (χ1n) is 23.8. The zero-order valence-electron chi connectivity index (χ0n) is 38.6. The van der Waals surface area contributed by atoms with E-state index in [2.05, 4.69) is 211 Å². The minimum atomic E-state index is -0.188. The summed E-state index contributed by atoms with van der Waals surface area (Å²) in [6.07, 6.45) is 2.38. The van der Waals surface area contributed by atoms with Crippen LogP contribution in [0.15, 0.2) is 146 Å². The maximum atomic E-state index is 2.77. The van der Waals surface area contributed by atoms with E-state index in [1.54, 1.807) is 0 Å². The van der Waals surface area contributed by atoms with E-state index < -0.39 is 0 Å². The molecule has 14 rings (SSSR count). The van der Waals surface area contributed by atoms with E-state index in [0.717, 1.165) is 0 Å². The lowest BCUT2D eigenvalue weighted by Crippen LogP contribution is -2.63. The molecule has 10 aromatic rings. The van der Waals surface area contributed by atoms with E-state index in [-0.39, 0.29) is 23.1 Å². The molecule has 0 unspecified atom stereocenters. The molecule has 0 amide bonds. The summed E-state index contributed by atoms with van der Waals surface area (Å²) in [5.74, 6) is 0. The van der Waals surface area contributed by atoms with Gasteiger partial charge in [0, 0.05) is 79.5 Å². The van der Waals surface area contributed by atoms with Gasteiger partial charge in [-0.15, -0.1) is 22.7 Å². The Balaban J connectivity index is 1.21. The van der Waals surface area contributed by atoms with Gasteiger partial charge in [0.25, 0.3) is 0 Å². The van der Waals surface area contributed by atoms with Crippen molar-refractivity contribution in [3.05, 3.63) is 168 Å². The molecule has 8 aromatic carbocycles. The Morgan fingerprint density at radius 3 is 2.09 bits per heavy atom. The quantitative estimate of drug-likeness (QED) is 0.163. The van der Waals surface area contributed by atoms with Crippen LogP contribution in [0.2, 0.25) is 6.82 Å². The predicted octanol–water partition coefficient (Wildman–Crippen LogP) is 15.2. The summed E-state index contributed by atoms with van der Waals surface area (Å²) in [6.45, 7) is 16.8. The van der Waals surface area contributed by atoms with Crippen molar-refractivity contribution < 1.29 is 0 Å². The highest BCUT2D eigenvalue weighted by atomic mass is 32.1. The van der Waals surface area contributed by atoms with Crippen LogP contribution in [0, 0.1) is 0 Å². The molecule has 2 nitrogen and oxygen atoms in total. The summed E-state index contributed by atoms with van der Waals surface area (Å²) in [7, 11) is 2.24. The molecule has 0 bridgehead atoms. The highest BCUT2D eigenvalue weighted by Crippen LogP contribution is 2.60. The van der Waals surface area contributed by atoms with E-state index in [1.165, 1.54) is 143 Å². The molecule has 1 radical (unpaired) electrons. The van der Waals surface area contributed by atoms with Gasteiger partial charge in [-0.3, -0.25) is 0 Å². The van der Waals surface area contributed by atoms with Crippen molar-refractivity contribution in [1.29, 1.82) is 0 Å². The van der Waals surface area contributed by atoms with E-state index >= 15 is 0 Å². The van der Waals surface area contributed by atoms with Crippen LogP contribution in [0.4, 0.5) is 28.4 Å². The first-order valence-corrected chi connectivity index (χ1v) is 25.4. The molecule has 0 atom stereocenters. The fraction of sp³-hybridized carbons (Fsp3) is 0.200. The summed E-state index contributed by atoms with van der Waals surface area (Å²) in [5, 5.41) is 5.40. The number of anilines is 5. The van der Waals surface area contributed by atoms with Crippen LogP contribution in [0.3, 0.4) is 0 Å². The van der Waals surface area contributed by atoms with Crippen molar-refractivity contribution in [3.63, 3.8) is 0 Å². The van der Waals surface area contributed by atoms with Crippen LogP contribution in [-0.2, 0) is 16.2 Å². The van der Waals surface area contributed by atoms with Gasteiger partial charge in [0.1, 0.15) is 7.28 Å². The largest absolute Gasteiger partial charge is 0.376 e. The minimum Gasteiger partial charge on any atom is -0.376 e. The minimum absolute atomic E-state index is 0.0717. The predicted molar refractivity (Wildman–Crippen MR) is 290 cm³/mol. The van der Waals surface area contributed by atoms with Crippen LogP contribution < -0.4 is 26.1 Å². The van der Waals surface area contributed by atoms with E-state index in [4.69, 9.17) is 0 Å². The van der Waals surface area contributed by atoms with Crippen LogP contribution in [-0.4, -0.2) is 14.1 Å². The molecule has 3 aliphatic heterocycles. The number of para-hydroxylation sites is 2. The highest BCUT2D eigenvalue weighted by Gasteiger charge is 2.51. The third-order valence-electron chi connectivity index (χ3n) is 16.3. The van der Waals surface area contributed by atoms with Crippen molar-refractivity contribution in [3.8, 4) is 22.3 Å². The average Bonchev–Trinajstić information content (AvgIpc) is 3.90. The Morgan fingerprint density at radius 2 is 1.27 bits per heavy atom. The van der Waals surface area contributed by atoms with Gasteiger partial charge in [0.05, 0.1) is 11.4 Å². The Hall–Kier alpha value is -6.07. The molecule has 0 saturated carbocycles. The standard InChI is InChI=1S/C60H49B2N2S2/c1-58(2)28-29-59(3,4)44-33-51-40(31-43(44)58)52-50(65-51)27-25-45-56(52)63(46-26-24-35(61-7)30-38(46)34-16-9-8-10-17-34)48-32-39-36-18-11-14-23-49(36)66-57(39)53-37-19-15-21-42-55(37)64(62(45)54(48)53)47-22-13-12-20-41(47)60(42,5)6/h8-27,30-33H,28-29H2,1-7H3. The number of thiophene rings is 2. The number of hydrogen-bond acceptors (Lipinski definition) is 4. The van der Waals surface area contributed by atoms with Crippen LogP contribution >= 0.6 is 22.7 Å². The molecule has 4 aliphatic rings. The number of hydrogen-bond donors (Lipinski definition) is 0. The highest BCUT2D eigenvalue weighted by molar-refractivity contribution is 7.27. The van der Waals surface area contributed by atoms with Gasteiger partial charge < -0.3 is 9.71 Å². The Bertz CT molecular complexity index is 3760. The maximum absolute atomic E-state index is 2.77. The van der Waals surface area contributed by atoms with Crippen molar-refractivity contribution in [1.82, 2.24) is 0 Å². The summed E-state index contributed by atoms with van der Waals surface area (Å²) in [4.78, 5) is 5.50. The Labute approximate surface area is 396 Å². The van der Waals surface area contributed by atoms with E-state index in [9.17, 15) is 0 Å². The lowest BCUT2D eigenvalue weighted by atomic mass is 9.42. The smallest absolute Gasteiger partial charge is 0.333 e. The SMILES string of the molecule is C[B]c1ccc(N2c3cc4c(sc5ccccc54)c4c3B(c3ccc5sc6cc7c(cc6c5c32)C(C)(C)CCC7(C)C)N2c3ccccc3C(C)(C)c3cccc-4c32)c(-c2ccccc2)c1. The van der Waals surface area contributed by atoms with Crippen LogP contribution in [0.25, 0.3) is 62.6 Å². The molecule has 1 aliphatic carbocycles. The average molecular weight is 884 g/mol. The number of benzene rings is 8. The maximum Gasteiger partial charge on any atom is 0.333 e. The van der Waals surface area contributed by atoms with Crippen LogP contribution in [0.1, 0.15) is 76.6 Å². The van der Waals surface area contributed by atoms with E-state index in [0.29, 0.717) is 0 Å². The summed E-state index contributed by atoms with van der Waals surface area (Å²) >= 11 is 3.94. The molecule has 0 fully saturated rings. The van der Waals surface area contributed by atoms with Gasteiger partial charge in [-0.2, -0.15) is 0 Å². The van der Waals surface area contributed by atoms with Gasteiger partial charge in [-0.05, 0) is 105 Å². The zero-order valence-corrected chi connectivity index (χ0v) is 40.3. The molecule has 0 spiro atoms. The molecule has 66 heavy (non-hydrogen) atoms. The fourth-order valence-corrected chi connectivity index (χ4v) is 15.2. The Kier molecular flexibility index (Phi) is 7.89. The fourth-order valence-electron chi connectivity index (χ4n) is 12.8. The molecular formula is C60H49B2N2S2. The second kappa shape index (κ2) is 13.3. The molecule has 2 aromatic heterocycles. The lowest BCUT2D eigenvalue weighted by Gasteiger charge is -2.51. The van der Waals surface area contributed by atoms with Gasteiger partial charge in [0.15, 0.2) is 0 Å². The van der Waals surface area contributed by atoms with Crippen molar-refractivity contribution in [2.75, 3.05) is 9.71 Å². The normalized spacial score (nSPS) is 16.9. The number of fused-ring (bicyclic) bond motifs is 15. The van der Waals surface area contributed by atoms with Gasteiger partial charge in [-0.25, -0.2) is 0 Å². The molecule has 317 valence electrons. The zero-order chi connectivity index (χ0) is 44.6. The van der Waals surface area contributed by atoms with Crippen molar-refractivity contribution in [2.24, 2.45) is 0 Å². The summed E-state index contributed by atoms with van der Waals surface area (Å²) in [5.41, 5.74) is 21.4. The number of rotatable bonds is 3. The first-order chi connectivity index (χ1) is 31.9. The third-order valence-corrected chi connectivity index (χ3v) is 18.6. The second-order valence-electron chi connectivity index (χ2n) is 21.2. The van der Waals surface area contributed by atoms with Gasteiger partial charge >= 0.3 is 6.85 Å². The monoisotopic (exact) mass is 883 g/mol. The van der Waals surface area contributed by atoms with Crippen molar-refractivity contribution in [2.45, 2.75) is 77.5 Å². The topological polar surface area (TPSA) is 6.48 Å². The van der Waals surface area contributed by atoms with Gasteiger partial charge in [0.2, 0.25) is 0 Å². The van der Waals surface area contributed by atoms with Crippen molar-refractivity contribution >= 4 is 122 Å². The van der Waals surface area contributed by atoms with Crippen LogP contribution in [0.5, 0.6) is 0 Å². The molecule has 5 heterocycles. The molecule has 6 heteroatoms. The van der Waals surface area contributed by atoms with E-state index in [1.807, 2.05) is 22.7 Å². The number of nitrogens with zero attached hydrogens (tertiary/aromatic N) is 2. The summed E-state index contributed by atoms with van der Waals surface area (Å²) in [6, 6.07) is 56.6. The third kappa shape index (κ3) is 5.04.